The van der Waals surface area contributed by atoms with E-state index in [1.165, 1.54) is 12.8 Å². The van der Waals surface area contributed by atoms with Crippen LogP contribution in [0.1, 0.15) is 30.1 Å². The van der Waals surface area contributed by atoms with Crippen molar-refractivity contribution < 1.29 is 0 Å². The van der Waals surface area contributed by atoms with Crippen molar-refractivity contribution in [3.63, 3.8) is 0 Å². The Labute approximate surface area is 90.4 Å². The van der Waals surface area contributed by atoms with E-state index in [-0.39, 0.29) is 6.04 Å². The molecule has 2 rings (SSSR count). The third-order valence-corrected chi connectivity index (χ3v) is 2.97. The fourth-order valence-electron chi connectivity index (χ4n) is 2.13. The van der Waals surface area contributed by atoms with Gasteiger partial charge in [0.2, 0.25) is 0 Å². The Morgan fingerprint density at radius 1 is 1.47 bits per heavy atom. The first kappa shape index (κ1) is 10.1. The topological polar surface area (TPSA) is 39.9 Å². The van der Waals surface area contributed by atoms with E-state index in [4.69, 9.17) is 0 Å². The number of rotatable bonds is 2. The van der Waals surface area contributed by atoms with Gasteiger partial charge in [-0.25, -0.2) is 0 Å². The first-order valence-corrected chi connectivity index (χ1v) is 5.38. The van der Waals surface area contributed by atoms with Crippen molar-refractivity contribution in [3.05, 3.63) is 29.6 Å². The van der Waals surface area contributed by atoms with Crippen molar-refractivity contribution in [2.45, 2.75) is 25.8 Å². The van der Waals surface area contributed by atoms with Crippen molar-refractivity contribution in [1.29, 1.82) is 5.26 Å². The van der Waals surface area contributed by atoms with Gasteiger partial charge in [0, 0.05) is 17.5 Å². The Kier molecular flexibility index (Phi) is 2.98. The molecular weight excluding hydrogens is 186 g/mol. The smallest absolute Gasteiger partial charge is 0.125 e. The van der Waals surface area contributed by atoms with Gasteiger partial charge in [-0.05, 0) is 38.9 Å². The van der Waals surface area contributed by atoms with E-state index < -0.39 is 0 Å². The minimum Gasteiger partial charge on any atom is -0.284 e. The molecule has 0 amide bonds. The molecule has 1 aromatic heterocycles. The van der Waals surface area contributed by atoms with Crippen molar-refractivity contribution in [1.82, 2.24) is 9.88 Å². The molecule has 0 N–H and O–H groups in total. The molecular formula is C12H15N3. The maximum Gasteiger partial charge on any atom is 0.125 e. The summed E-state index contributed by atoms with van der Waals surface area (Å²) in [7, 11) is 0. The van der Waals surface area contributed by atoms with Gasteiger partial charge in [-0.15, -0.1) is 0 Å². The van der Waals surface area contributed by atoms with Crippen molar-refractivity contribution in [3.8, 4) is 6.07 Å². The van der Waals surface area contributed by atoms with Crippen LogP contribution in [-0.2, 0) is 0 Å². The number of hydrogen-bond donors (Lipinski definition) is 0. The molecule has 0 saturated carbocycles. The second-order valence-electron chi connectivity index (χ2n) is 3.95. The highest BCUT2D eigenvalue weighted by Crippen LogP contribution is 2.25. The fourth-order valence-corrected chi connectivity index (χ4v) is 2.13. The summed E-state index contributed by atoms with van der Waals surface area (Å²) < 4.78 is 0. The Morgan fingerprint density at radius 2 is 2.20 bits per heavy atom. The molecule has 0 spiro atoms. The van der Waals surface area contributed by atoms with E-state index in [0.717, 1.165) is 24.3 Å². The quantitative estimate of drug-likeness (QED) is 0.735. The van der Waals surface area contributed by atoms with Crippen molar-refractivity contribution in [2.24, 2.45) is 0 Å². The van der Waals surface area contributed by atoms with E-state index in [0.29, 0.717) is 0 Å². The molecule has 78 valence electrons. The highest BCUT2D eigenvalue weighted by Gasteiger charge is 2.24. The molecule has 3 nitrogen and oxygen atoms in total. The second kappa shape index (κ2) is 4.41. The van der Waals surface area contributed by atoms with Gasteiger partial charge in [0.05, 0.1) is 6.07 Å². The van der Waals surface area contributed by atoms with E-state index in [2.05, 4.69) is 16.0 Å². The van der Waals surface area contributed by atoms with E-state index in [1.807, 2.05) is 19.1 Å². The second-order valence-corrected chi connectivity index (χ2v) is 3.95. The number of nitrogens with zero attached hydrogens (tertiary/aromatic N) is 3. The number of pyridine rings is 1. The summed E-state index contributed by atoms with van der Waals surface area (Å²) in [5.41, 5.74) is 2.03. The largest absolute Gasteiger partial charge is 0.284 e. The lowest BCUT2D eigenvalue weighted by Crippen LogP contribution is -2.25. The Hall–Kier alpha value is -1.40. The van der Waals surface area contributed by atoms with Gasteiger partial charge in [-0.1, -0.05) is 6.07 Å². The standard InChI is InChI=1S/C12H15N3/c1-10-11(5-4-6-14-10)12(9-13)15-7-2-3-8-15/h4-6,12H,2-3,7-8H2,1H3. The lowest BCUT2D eigenvalue weighted by atomic mass is 10.1. The van der Waals surface area contributed by atoms with Crippen LogP contribution in [0.25, 0.3) is 0 Å². The van der Waals surface area contributed by atoms with Gasteiger partial charge in [0.25, 0.3) is 0 Å². The first-order valence-electron chi connectivity index (χ1n) is 5.38. The molecule has 15 heavy (non-hydrogen) atoms. The SMILES string of the molecule is Cc1ncccc1C(C#N)N1CCCC1. The van der Waals surface area contributed by atoms with Crippen LogP contribution in [0.5, 0.6) is 0 Å². The number of aromatic nitrogens is 1. The van der Waals surface area contributed by atoms with E-state index in [1.54, 1.807) is 6.20 Å². The molecule has 2 heterocycles. The number of likely N-dealkylation sites (tertiary alicyclic amines) is 1. The van der Waals surface area contributed by atoms with Crippen LogP contribution in [0.2, 0.25) is 0 Å². The summed E-state index contributed by atoms with van der Waals surface area (Å²) in [5.74, 6) is 0. The lowest BCUT2D eigenvalue weighted by molar-refractivity contribution is 0.293. The molecule has 3 heteroatoms. The summed E-state index contributed by atoms with van der Waals surface area (Å²) in [5, 5.41) is 9.24. The minimum absolute atomic E-state index is 0.110. The summed E-state index contributed by atoms with van der Waals surface area (Å²) >= 11 is 0. The third-order valence-electron chi connectivity index (χ3n) is 2.97. The van der Waals surface area contributed by atoms with Gasteiger partial charge < -0.3 is 0 Å². The highest BCUT2D eigenvalue weighted by atomic mass is 15.2. The average Bonchev–Trinajstić information content (AvgIpc) is 2.75. The predicted molar refractivity (Wildman–Crippen MR) is 58.1 cm³/mol. The molecule has 1 aliphatic rings. The molecule has 1 atom stereocenters. The molecule has 0 radical (unpaired) electrons. The van der Waals surface area contributed by atoms with Crippen molar-refractivity contribution in [2.75, 3.05) is 13.1 Å². The maximum atomic E-state index is 9.24. The van der Waals surface area contributed by atoms with Gasteiger partial charge in [-0.3, -0.25) is 9.88 Å². The summed E-state index contributed by atoms with van der Waals surface area (Å²) in [6, 6.07) is 6.19. The summed E-state index contributed by atoms with van der Waals surface area (Å²) in [6.45, 7) is 4.04. The van der Waals surface area contributed by atoms with Crippen molar-refractivity contribution >= 4 is 0 Å². The zero-order valence-corrected chi connectivity index (χ0v) is 8.98. The van der Waals surface area contributed by atoms with Gasteiger partial charge in [0.1, 0.15) is 6.04 Å². The van der Waals surface area contributed by atoms with E-state index >= 15 is 0 Å². The molecule has 1 saturated heterocycles. The molecule has 1 aliphatic heterocycles. The lowest BCUT2D eigenvalue weighted by Gasteiger charge is -2.22. The Balaban J connectivity index is 2.27. The first-order chi connectivity index (χ1) is 7.33. The number of aryl methyl sites for hydroxylation is 1. The van der Waals surface area contributed by atoms with Crippen LogP contribution in [-0.4, -0.2) is 23.0 Å². The molecule has 0 aromatic carbocycles. The van der Waals surface area contributed by atoms with Crippen LogP contribution in [0.4, 0.5) is 0 Å². The van der Waals surface area contributed by atoms with Crippen LogP contribution in [0.15, 0.2) is 18.3 Å². The van der Waals surface area contributed by atoms with Crippen LogP contribution in [0, 0.1) is 18.3 Å². The molecule has 1 unspecified atom stereocenters. The highest BCUT2D eigenvalue weighted by molar-refractivity contribution is 5.27. The summed E-state index contributed by atoms with van der Waals surface area (Å²) in [6.07, 6.45) is 4.19. The maximum absolute atomic E-state index is 9.24. The normalized spacial score (nSPS) is 18.7. The predicted octanol–water partition coefficient (Wildman–Crippen LogP) is 2.05. The summed E-state index contributed by atoms with van der Waals surface area (Å²) in [4.78, 5) is 6.48. The van der Waals surface area contributed by atoms with Gasteiger partial charge in [0.15, 0.2) is 0 Å². The van der Waals surface area contributed by atoms with Crippen LogP contribution >= 0.6 is 0 Å². The minimum atomic E-state index is -0.110. The number of nitriles is 1. The third kappa shape index (κ3) is 2.00. The van der Waals surface area contributed by atoms with Gasteiger partial charge >= 0.3 is 0 Å². The molecule has 0 bridgehead atoms. The van der Waals surface area contributed by atoms with Crippen LogP contribution < -0.4 is 0 Å². The molecule has 1 fully saturated rings. The fraction of sp³-hybridized carbons (Fsp3) is 0.500. The average molecular weight is 201 g/mol. The van der Waals surface area contributed by atoms with Gasteiger partial charge in [-0.2, -0.15) is 5.26 Å². The number of hydrogen-bond acceptors (Lipinski definition) is 3. The van der Waals surface area contributed by atoms with E-state index in [9.17, 15) is 5.26 Å². The zero-order chi connectivity index (χ0) is 10.7. The van der Waals surface area contributed by atoms with Crippen LogP contribution in [0.3, 0.4) is 0 Å². The molecule has 1 aromatic rings. The monoisotopic (exact) mass is 201 g/mol. The molecule has 0 aliphatic carbocycles. The Bertz CT molecular complexity index is 375. The zero-order valence-electron chi connectivity index (χ0n) is 8.98. The Morgan fingerprint density at radius 3 is 2.80 bits per heavy atom.